The van der Waals surface area contributed by atoms with Crippen LogP contribution < -0.4 is 10.1 Å². The summed E-state index contributed by atoms with van der Waals surface area (Å²) in [6, 6.07) is 8.02. The molecule has 1 saturated heterocycles. The minimum absolute atomic E-state index is 0.0434. The fourth-order valence-electron chi connectivity index (χ4n) is 2.78. The zero-order valence-electron chi connectivity index (χ0n) is 13.5. The van der Waals surface area contributed by atoms with E-state index in [4.69, 9.17) is 4.74 Å². The zero-order chi connectivity index (χ0) is 15.5. The van der Waals surface area contributed by atoms with Crippen molar-refractivity contribution in [2.45, 2.75) is 52.2 Å². The van der Waals surface area contributed by atoms with Crippen LogP contribution in [-0.2, 0) is 4.79 Å². The van der Waals surface area contributed by atoms with E-state index in [9.17, 15) is 4.79 Å². The molecule has 1 heterocycles. The first-order valence-corrected chi connectivity index (χ1v) is 7.87. The van der Waals surface area contributed by atoms with Crippen LogP contribution in [0.15, 0.2) is 24.3 Å². The van der Waals surface area contributed by atoms with Crippen LogP contribution in [0.3, 0.4) is 0 Å². The molecule has 2 rings (SSSR count). The summed E-state index contributed by atoms with van der Waals surface area (Å²) >= 11 is 0. The molecular formula is C17H26N2O2. The number of ether oxygens (including phenoxy) is 1. The fraction of sp³-hybridized carbons (Fsp3) is 0.588. The molecule has 0 aliphatic carbocycles. The third-order valence-electron chi connectivity index (χ3n) is 4.18. The number of nitrogens with zero attached hydrogens (tertiary/aromatic N) is 1. The lowest BCUT2D eigenvalue weighted by molar-refractivity contribution is -0.133. The highest BCUT2D eigenvalue weighted by Gasteiger charge is 2.46. The maximum atomic E-state index is 12.6. The Kier molecular flexibility index (Phi) is 4.88. The molecule has 2 unspecified atom stereocenters. The molecular weight excluding hydrogens is 264 g/mol. The van der Waals surface area contributed by atoms with Crippen molar-refractivity contribution in [3.05, 3.63) is 29.8 Å². The van der Waals surface area contributed by atoms with Gasteiger partial charge in [-0.05, 0) is 44.4 Å². The Balaban J connectivity index is 2.25. The third-order valence-corrected chi connectivity index (χ3v) is 4.18. The van der Waals surface area contributed by atoms with Crippen LogP contribution in [0.5, 0.6) is 5.75 Å². The van der Waals surface area contributed by atoms with Gasteiger partial charge in [0.05, 0.1) is 12.1 Å². The van der Waals surface area contributed by atoms with Gasteiger partial charge in [0.15, 0.2) is 0 Å². The summed E-state index contributed by atoms with van der Waals surface area (Å²) in [6.07, 6.45) is 1.71. The van der Waals surface area contributed by atoms with Gasteiger partial charge in [0.1, 0.15) is 11.9 Å². The molecule has 1 aliphatic heterocycles. The highest BCUT2D eigenvalue weighted by molar-refractivity contribution is 5.88. The van der Waals surface area contributed by atoms with Crippen molar-refractivity contribution in [1.82, 2.24) is 10.2 Å². The Hall–Kier alpha value is -1.55. The predicted octanol–water partition coefficient (Wildman–Crippen LogP) is 3.09. The Morgan fingerprint density at radius 1 is 1.24 bits per heavy atom. The van der Waals surface area contributed by atoms with Gasteiger partial charge in [0, 0.05) is 6.54 Å². The second kappa shape index (κ2) is 6.48. The Morgan fingerprint density at radius 3 is 2.43 bits per heavy atom. The normalized spacial score (nSPS) is 25.4. The molecule has 1 fully saturated rings. The lowest BCUT2D eigenvalue weighted by Gasteiger charge is -2.24. The third kappa shape index (κ3) is 3.05. The van der Waals surface area contributed by atoms with Crippen LogP contribution in [0.1, 0.15) is 52.3 Å². The first-order valence-electron chi connectivity index (χ1n) is 7.87. The summed E-state index contributed by atoms with van der Waals surface area (Å²) in [5.41, 5.74) is 0.649. The number of nitrogens with one attached hydrogen (secondary N) is 1. The van der Waals surface area contributed by atoms with Crippen molar-refractivity contribution in [3.63, 3.8) is 0 Å². The van der Waals surface area contributed by atoms with Crippen molar-refractivity contribution in [3.8, 4) is 5.75 Å². The number of carbonyl (C=O) groups excluding carboxylic acids is 1. The van der Waals surface area contributed by atoms with Gasteiger partial charge in [-0.15, -0.1) is 0 Å². The lowest BCUT2D eigenvalue weighted by atomic mass is 9.99. The first-order chi connectivity index (χ1) is 10.1. The van der Waals surface area contributed by atoms with Crippen molar-refractivity contribution in [2.75, 3.05) is 13.2 Å². The molecule has 4 nitrogen and oxygen atoms in total. The van der Waals surface area contributed by atoms with E-state index in [2.05, 4.69) is 19.2 Å². The molecule has 0 bridgehead atoms. The van der Waals surface area contributed by atoms with Gasteiger partial charge >= 0.3 is 0 Å². The molecule has 1 aromatic carbocycles. The molecule has 21 heavy (non-hydrogen) atoms. The number of carbonyl (C=O) groups is 1. The standard InChI is InChI=1S/C17H26N2O2/c1-5-12-19-15(18-17(4,6-2)16(19)20)13-8-10-14(11-9-13)21-7-3/h8-11,15,18H,5-7,12H2,1-4H3. The van der Waals surface area contributed by atoms with Crippen molar-refractivity contribution in [2.24, 2.45) is 0 Å². The minimum Gasteiger partial charge on any atom is -0.494 e. The van der Waals surface area contributed by atoms with E-state index in [0.717, 1.165) is 30.7 Å². The Morgan fingerprint density at radius 2 is 1.90 bits per heavy atom. The SMILES string of the molecule is CCCN1C(=O)C(C)(CC)NC1c1ccc(OCC)cc1. The van der Waals surface area contributed by atoms with Crippen LogP contribution in [0.2, 0.25) is 0 Å². The van der Waals surface area contributed by atoms with Crippen LogP contribution in [-0.4, -0.2) is 29.5 Å². The van der Waals surface area contributed by atoms with E-state index >= 15 is 0 Å². The van der Waals surface area contributed by atoms with Gasteiger partial charge in [0.2, 0.25) is 5.91 Å². The van der Waals surface area contributed by atoms with E-state index in [1.165, 1.54) is 0 Å². The second-order valence-electron chi connectivity index (χ2n) is 5.73. The number of benzene rings is 1. The van der Waals surface area contributed by atoms with Crippen LogP contribution in [0.4, 0.5) is 0 Å². The lowest BCUT2D eigenvalue weighted by Crippen LogP contribution is -2.43. The summed E-state index contributed by atoms with van der Waals surface area (Å²) < 4.78 is 5.48. The average molecular weight is 290 g/mol. The molecule has 1 N–H and O–H groups in total. The molecule has 2 atom stereocenters. The molecule has 1 aromatic rings. The van der Waals surface area contributed by atoms with Crippen LogP contribution in [0, 0.1) is 0 Å². The summed E-state index contributed by atoms with van der Waals surface area (Å²) in [5.74, 6) is 1.07. The van der Waals surface area contributed by atoms with Gasteiger partial charge in [-0.1, -0.05) is 26.0 Å². The van der Waals surface area contributed by atoms with Gasteiger partial charge in [0.25, 0.3) is 0 Å². The van der Waals surface area contributed by atoms with Crippen LogP contribution in [0.25, 0.3) is 0 Å². The Bertz CT molecular complexity index is 486. The zero-order valence-corrected chi connectivity index (χ0v) is 13.5. The van der Waals surface area contributed by atoms with Gasteiger partial charge in [-0.2, -0.15) is 0 Å². The van der Waals surface area contributed by atoms with Crippen LogP contribution >= 0.6 is 0 Å². The Labute approximate surface area is 127 Å². The quantitative estimate of drug-likeness (QED) is 0.875. The van der Waals surface area contributed by atoms with E-state index in [0.29, 0.717) is 6.61 Å². The second-order valence-corrected chi connectivity index (χ2v) is 5.73. The number of hydrogen-bond donors (Lipinski definition) is 1. The topological polar surface area (TPSA) is 41.6 Å². The summed E-state index contributed by atoms with van der Waals surface area (Å²) in [6.45, 7) is 9.56. The molecule has 4 heteroatoms. The largest absolute Gasteiger partial charge is 0.494 e. The van der Waals surface area contributed by atoms with E-state index in [-0.39, 0.29) is 12.1 Å². The average Bonchev–Trinajstić information content (AvgIpc) is 2.75. The van der Waals surface area contributed by atoms with E-state index < -0.39 is 5.54 Å². The summed E-state index contributed by atoms with van der Waals surface area (Å²) in [7, 11) is 0. The highest BCUT2D eigenvalue weighted by Crippen LogP contribution is 2.33. The molecule has 1 aliphatic rings. The van der Waals surface area contributed by atoms with E-state index in [1.54, 1.807) is 0 Å². The molecule has 0 saturated carbocycles. The van der Waals surface area contributed by atoms with E-state index in [1.807, 2.05) is 43.0 Å². The fourth-order valence-corrected chi connectivity index (χ4v) is 2.78. The predicted molar refractivity (Wildman–Crippen MR) is 84.2 cm³/mol. The highest BCUT2D eigenvalue weighted by atomic mass is 16.5. The molecule has 1 amide bonds. The summed E-state index contributed by atoms with van der Waals surface area (Å²) in [4.78, 5) is 14.6. The van der Waals surface area contributed by atoms with Crippen molar-refractivity contribution in [1.29, 1.82) is 0 Å². The molecule has 0 radical (unpaired) electrons. The molecule has 0 aromatic heterocycles. The van der Waals surface area contributed by atoms with Crippen molar-refractivity contribution < 1.29 is 9.53 Å². The molecule has 116 valence electrons. The maximum absolute atomic E-state index is 12.6. The van der Waals surface area contributed by atoms with Gasteiger partial charge < -0.3 is 9.64 Å². The smallest absolute Gasteiger partial charge is 0.244 e. The van der Waals surface area contributed by atoms with Gasteiger partial charge in [-0.3, -0.25) is 10.1 Å². The maximum Gasteiger partial charge on any atom is 0.244 e. The van der Waals surface area contributed by atoms with Gasteiger partial charge in [-0.25, -0.2) is 0 Å². The monoisotopic (exact) mass is 290 g/mol. The number of rotatable bonds is 6. The van der Waals surface area contributed by atoms with Crippen molar-refractivity contribution >= 4 is 5.91 Å². The number of hydrogen-bond acceptors (Lipinski definition) is 3. The summed E-state index contributed by atoms with van der Waals surface area (Å²) in [5, 5.41) is 3.51. The number of amides is 1. The molecule has 0 spiro atoms. The first kappa shape index (κ1) is 15.8. The minimum atomic E-state index is -0.460.